The lowest BCUT2D eigenvalue weighted by molar-refractivity contribution is -0.137. The standard InChI is InChI=1S/C22H21ClF3N5O4/c1-11-4-15-17(19-14(11)9-31(30-19)8-13-10-33-2-3-34-13)18(22(24,25)26)20(35-15)21(32)29-6-12-5-28-16(23)7-27-12/h5,7,9,11,13H,2-4,6,8,10H2,1H3,(H,29,32)/t11-,13+/m1/s1. The van der Waals surface area contributed by atoms with E-state index in [0.29, 0.717) is 37.6 Å². The molecule has 186 valence electrons. The number of rotatable bonds is 5. The summed E-state index contributed by atoms with van der Waals surface area (Å²) in [6, 6.07) is 0. The second kappa shape index (κ2) is 9.25. The van der Waals surface area contributed by atoms with Crippen molar-refractivity contribution < 1.29 is 31.9 Å². The van der Waals surface area contributed by atoms with Crippen molar-refractivity contribution in [2.45, 2.75) is 44.6 Å². The summed E-state index contributed by atoms with van der Waals surface area (Å²) in [4.78, 5) is 20.6. The zero-order valence-electron chi connectivity index (χ0n) is 18.6. The molecule has 9 nitrogen and oxygen atoms in total. The van der Waals surface area contributed by atoms with Crippen molar-refractivity contribution in [2.24, 2.45) is 0 Å². The summed E-state index contributed by atoms with van der Waals surface area (Å²) in [5.41, 5.74) is -0.182. The molecule has 3 aromatic heterocycles. The minimum absolute atomic E-state index is 0.0799. The molecular formula is C22H21ClF3N5O4. The Bertz CT molecular complexity index is 1240. The third-order valence-electron chi connectivity index (χ3n) is 5.90. The zero-order valence-corrected chi connectivity index (χ0v) is 19.3. The van der Waals surface area contributed by atoms with Crippen LogP contribution < -0.4 is 5.32 Å². The van der Waals surface area contributed by atoms with Crippen molar-refractivity contribution in [3.63, 3.8) is 0 Å². The monoisotopic (exact) mass is 511 g/mol. The quantitative estimate of drug-likeness (QED) is 0.558. The molecule has 0 aromatic carbocycles. The highest BCUT2D eigenvalue weighted by Gasteiger charge is 2.46. The molecule has 13 heteroatoms. The van der Waals surface area contributed by atoms with Gasteiger partial charge in [-0.3, -0.25) is 14.5 Å². The van der Waals surface area contributed by atoms with Gasteiger partial charge in [-0.15, -0.1) is 0 Å². The molecule has 1 aliphatic carbocycles. The number of fused-ring (bicyclic) bond motifs is 3. The van der Waals surface area contributed by atoms with E-state index in [1.54, 1.807) is 10.9 Å². The predicted molar refractivity (Wildman–Crippen MR) is 116 cm³/mol. The van der Waals surface area contributed by atoms with Crippen molar-refractivity contribution in [2.75, 3.05) is 19.8 Å². The average molecular weight is 512 g/mol. The second-order valence-electron chi connectivity index (χ2n) is 8.44. The predicted octanol–water partition coefficient (Wildman–Crippen LogP) is 3.61. The van der Waals surface area contributed by atoms with E-state index in [9.17, 15) is 18.0 Å². The maximum atomic E-state index is 14.3. The second-order valence-corrected chi connectivity index (χ2v) is 8.83. The number of halogens is 4. The normalized spacial score (nSPS) is 19.8. The van der Waals surface area contributed by atoms with Crippen LogP contribution in [0.1, 0.15) is 46.0 Å². The Morgan fingerprint density at radius 1 is 1.29 bits per heavy atom. The molecule has 0 saturated carbocycles. The molecule has 0 radical (unpaired) electrons. The van der Waals surface area contributed by atoms with Crippen LogP contribution in [0.4, 0.5) is 13.2 Å². The van der Waals surface area contributed by atoms with Gasteiger partial charge >= 0.3 is 6.18 Å². The first-order valence-corrected chi connectivity index (χ1v) is 11.3. The molecule has 5 rings (SSSR count). The zero-order chi connectivity index (χ0) is 24.7. The minimum Gasteiger partial charge on any atom is -0.455 e. The lowest BCUT2D eigenvalue weighted by Gasteiger charge is -2.22. The largest absolute Gasteiger partial charge is 0.455 e. The van der Waals surface area contributed by atoms with E-state index in [4.69, 9.17) is 25.5 Å². The number of alkyl halides is 3. The average Bonchev–Trinajstić information content (AvgIpc) is 3.41. The Morgan fingerprint density at radius 2 is 2.11 bits per heavy atom. The molecule has 0 spiro atoms. The fraction of sp³-hybridized carbons (Fsp3) is 0.455. The Balaban J connectivity index is 1.47. The van der Waals surface area contributed by atoms with Crippen LogP contribution in [-0.4, -0.2) is 51.6 Å². The van der Waals surface area contributed by atoms with E-state index < -0.39 is 23.4 Å². The van der Waals surface area contributed by atoms with Gasteiger partial charge < -0.3 is 19.2 Å². The molecule has 2 atom stereocenters. The van der Waals surface area contributed by atoms with Crippen LogP contribution in [0.5, 0.6) is 0 Å². The van der Waals surface area contributed by atoms with E-state index in [0.717, 1.165) is 0 Å². The number of amides is 1. The fourth-order valence-electron chi connectivity index (χ4n) is 4.31. The molecule has 4 heterocycles. The summed E-state index contributed by atoms with van der Waals surface area (Å²) in [6.07, 6.45) is -0.556. The molecule has 1 amide bonds. The smallest absolute Gasteiger partial charge is 0.420 e. The van der Waals surface area contributed by atoms with Crippen molar-refractivity contribution >= 4 is 17.5 Å². The van der Waals surface area contributed by atoms with Crippen LogP contribution in [0, 0.1) is 0 Å². The number of carbonyl (C=O) groups excluding carboxylic acids is 1. The fourth-order valence-corrected chi connectivity index (χ4v) is 4.41. The number of hydrogen-bond donors (Lipinski definition) is 1. The van der Waals surface area contributed by atoms with Gasteiger partial charge in [-0.1, -0.05) is 18.5 Å². The minimum atomic E-state index is -4.84. The maximum Gasteiger partial charge on any atom is 0.420 e. The molecule has 1 fully saturated rings. The summed E-state index contributed by atoms with van der Waals surface area (Å²) >= 11 is 5.69. The highest BCUT2D eigenvalue weighted by atomic mass is 35.5. The summed E-state index contributed by atoms with van der Waals surface area (Å²) in [5.74, 6) is -1.88. The SMILES string of the molecule is C[C@@H]1Cc2oc(C(=O)NCc3cnc(Cl)cn3)c(C(F)(F)F)c2-c2nn(C[C@H]3COCCO3)cc21. The number of carbonyl (C=O) groups is 1. The maximum absolute atomic E-state index is 14.3. The summed E-state index contributed by atoms with van der Waals surface area (Å²) in [7, 11) is 0. The van der Waals surface area contributed by atoms with Crippen LogP contribution in [0.3, 0.4) is 0 Å². The van der Waals surface area contributed by atoms with Crippen molar-refractivity contribution in [3.8, 4) is 11.3 Å². The number of nitrogens with zero attached hydrogens (tertiary/aromatic N) is 4. The van der Waals surface area contributed by atoms with Crippen LogP contribution in [0.25, 0.3) is 11.3 Å². The molecule has 1 saturated heterocycles. The Kier molecular flexibility index (Phi) is 6.28. The summed E-state index contributed by atoms with van der Waals surface area (Å²) in [6.45, 7) is 3.41. The van der Waals surface area contributed by atoms with Crippen molar-refractivity contribution in [3.05, 3.63) is 52.1 Å². The lowest BCUT2D eigenvalue weighted by Crippen LogP contribution is -2.32. The molecule has 0 bridgehead atoms. The first-order chi connectivity index (χ1) is 16.7. The molecule has 35 heavy (non-hydrogen) atoms. The van der Waals surface area contributed by atoms with Crippen LogP contribution >= 0.6 is 11.6 Å². The Morgan fingerprint density at radius 3 is 2.80 bits per heavy atom. The molecule has 2 aliphatic rings. The third-order valence-corrected chi connectivity index (χ3v) is 6.09. The number of hydrogen-bond acceptors (Lipinski definition) is 7. The van der Waals surface area contributed by atoms with Crippen LogP contribution in [0.2, 0.25) is 5.15 Å². The van der Waals surface area contributed by atoms with Gasteiger partial charge in [-0.2, -0.15) is 18.3 Å². The molecule has 0 unspecified atom stereocenters. The number of furan rings is 1. The third kappa shape index (κ3) is 4.78. The highest BCUT2D eigenvalue weighted by Crippen LogP contribution is 2.48. The number of aromatic nitrogens is 4. The molecule has 3 aromatic rings. The summed E-state index contributed by atoms with van der Waals surface area (Å²) < 4.78 is 60.9. The van der Waals surface area contributed by atoms with Gasteiger partial charge in [-0.05, 0) is 5.92 Å². The van der Waals surface area contributed by atoms with Crippen LogP contribution in [0.15, 0.2) is 23.0 Å². The Hall–Kier alpha value is -2.96. The van der Waals surface area contributed by atoms with Gasteiger partial charge in [0, 0.05) is 18.2 Å². The Labute approximate surface area is 202 Å². The van der Waals surface area contributed by atoms with Gasteiger partial charge in [-0.25, -0.2) is 4.98 Å². The van der Waals surface area contributed by atoms with Gasteiger partial charge in [0.2, 0.25) is 5.76 Å². The highest BCUT2D eigenvalue weighted by molar-refractivity contribution is 6.29. The molecule has 1 aliphatic heterocycles. The molecular weight excluding hydrogens is 491 g/mol. The topological polar surface area (TPSA) is 104 Å². The van der Waals surface area contributed by atoms with Crippen molar-refractivity contribution in [1.82, 2.24) is 25.1 Å². The number of nitrogens with one attached hydrogen (secondary N) is 1. The van der Waals surface area contributed by atoms with Gasteiger partial charge in [0.15, 0.2) is 0 Å². The summed E-state index contributed by atoms with van der Waals surface area (Å²) in [5, 5.41) is 7.02. The van der Waals surface area contributed by atoms with E-state index in [2.05, 4.69) is 20.4 Å². The van der Waals surface area contributed by atoms with E-state index >= 15 is 0 Å². The van der Waals surface area contributed by atoms with Crippen molar-refractivity contribution in [1.29, 1.82) is 0 Å². The van der Waals surface area contributed by atoms with E-state index in [-0.39, 0.29) is 47.2 Å². The molecule has 1 N–H and O–H groups in total. The van der Waals surface area contributed by atoms with Crippen LogP contribution in [-0.2, 0) is 35.2 Å². The van der Waals surface area contributed by atoms with Gasteiger partial charge in [0.05, 0.1) is 62.3 Å². The van der Waals surface area contributed by atoms with Gasteiger partial charge in [0.25, 0.3) is 5.91 Å². The van der Waals surface area contributed by atoms with E-state index in [1.807, 2.05) is 6.92 Å². The van der Waals surface area contributed by atoms with E-state index in [1.165, 1.54) is 12.4 Å². The first kappa shape index (κ1) is 23.8. The lowest BCUT2D eigenvalue weighted by atomic mass is 9.86. The first-order valence-electron chi connectivity index (χ1n) is 10.9. The number of ether oxygens (including phenoxy) is 2. The van der Waals surface area contributed by atoms with Gasteiger partial charge in [0.1, 0.15) is 22.6 Å².